The van der Waals surface area contributed by atoms with E-state index >= 15 is 0 Å². The Labute approximate surface area is 96.2 Å². The van der Waals surface area contributed by atoms with Crippen LogP contribution in [0.1, 0.15) is 13.8 Å². The second-order valence-electron chi connectivity index (χ2n) is 3.90. The van der Waals surface area contributed by atoms with E-state index in [4.69, 9.17) is 9.47 Å². The zero-order valence-electron chi connectivity index (χ0n) is 10.2. The number of nitrogens with one attached hydrogen (secondary N) is 1. The first kappa shape index (κ1) is 12.7. The molecule has 90 valence electrons. The summed E-state index contributed by atoms with van der Waals surface area (Å²) >= 11 is 0. The van der Waals surface area contributed by atoms with Crippen LogP contribution >= 0.6 is 0 Å². The highest BCUT2D eigenvalue weighted by atomic mass is 16.5. The number of anilines is 1. The van der Waals surface area contributed by atoms with Crippen LogP contribution in [0.2, 0.25) is 0 Å². The lowest BCUT2D eigenvalue weighted by molar-refractivity contribution is 0.171. The summed E-state index contributed by atoms with van der Waals surface area (Å²) in [6.45, 7) is 4.91. The van der Waals surface area contributed by atoms with Gasteiger partial charge in [0.05, 0.1) is 19.8 Å². The van der Waals surface area contributed by atoms with Crippen LogP contribution in [0.25, 0.3) is 0 Å². The highest BCUT2D eigenvalue weighted by Crippen LogP contribution is 2.14. The second kappa shape index (κ2) is 6.27. The first-order valence-corrected chi connectivity index (χ1v) is 5.29. The normalized spacial score (nSPS) is 12.6. The fraction of sp³-hybridized carbons (Fsp3) is 0.636. The van der Waals surface area contributed by atoms with E-state index in [1.54, 1.807) is 20.3 Å². The zero-order valence-corrected chi connectivity index (χ0v) is 10.2. The Kier molecular flexibility index (Phi) is 4.98. The van der Waals surface area contributed by atoms with Crippen molar-refractivity contribution in [2.75, 3.05) is 26.1 Å². The Bertz CT molecular complexity index is 318. The fourth-order valence-corrected chi connectivity index (χ4v) is 1.30. The minimum atomic E-state index is 0.226. The molecule has 1 heterocycles. The molecule has 1 atom stereocenters. The van der Waals surface area contributed by atoms with E-state index in [-0.39, 0.29) is 6.04 Å². The molecule has 5 heteroatoms. The van der Waals surface area contributed by atoms with Gasteiger partial charge < -0.3 is 14.8 Å². The Hall–Kier alpha value is -1.36. The summed E-state index contributed by atoms with van der Waals surface area (Å²) in [6.07, 6.45) is 1.48. The minimum absolute atomic E-state index is 0.226. The van der Waals surface area contributed by atoms with Crippen LogP contribution < -0.4 is 10.1 Å². The maximum Gasteiger partial charge on any atom is 0.218 e. The quantitative estimate of drug-likeness (QED) is 0.796. The van der Waals surface area contributed by atoms with Gasteiger partial charge in [0.15, 0.2) is 0 Å². The maximum absolute atomic E-state index is 5.16. The molecule has 0 spiro atoms. The van der Waals surface area contributed by atoms with E-state index in [1.807, 2.05) is 0 Å². The van der Waals surface area contributed by atoms with E-state index in [2.05, 4.69) is 29.1 Å². The zero-order chi connectivity index (χ0) is 12.0. The summed E-state index contributed by atoms with van der Waals surface area (Å²) in [5.74, 6) is 1.76. The third kappa shape index (κ3) is 3.66. The van der Waals surface area contributed by atoms with Crippen molar-refractivity contribution < 1.29 is 9.47 Å². The predicted octanol–water partition coefficient (Wildman–Crippen LogP) is 1.57. The summed E-state index contributed by atoms with van der Waals surface area (Å²) in [7, 11) is 3.28. The van der Waals surface area contributed by atoms with Gasteiger partial charge in [-0.25, -0.2) is 9.97 Å². The largest absolute Gasteiger partial charge is 0.481 e. The number of nitrogens with zero attached hydrogens (tertiary/aromatic N) is 2. The first-order chi connectivity index (χ1) is 7.67. The fourth-order valence-electron chi connectivity index (χ4n) is 1.30. The van der Waals surface area contributed by atoms with Crippen LogP contribution in [0, 0.1) is 5.92 Å². The standard InChI is InChI=1S/C11H19N3O2/c1-8(2)9(6-15-3)14-10-5-11(16-4)13-7-12-10/h5,7-9H,6H2,1-4H3,(H,12,13,14). The SMILES string of the molecule is COCC(Nc1cc(OC)ncn1)C(C)C. The van der Waals surface area contributed by atoms with Gasteiger partial charge in [0, 0.05) is 13.2 Å². The summed E-state index contributed by atoms with van der Waals surface area (Å²) in [4.78, 5) is 8.09. The van der Waals surface area contributed by atoms with Gasteiger partial charge in [-0.2, -0.15) is 0 Å². The molecule has 1 N–H and O–H groups in total. The van der Waals surface area contributed by atoms with E-state index in [0.717, 1.165) is 5.82 Å². The van der Waals surface area contributed by atoms with Gasteiger partial charge in [-0.15, -0.1) is 0 Å². The molecule has 0 aromatic carbocycles. The molecule has 0 saturated heterocycles. The monoisotopic (exact) mass is 225 g/mol. The minimum Gasteiger partial charge on any atom is -0.481 e. The molecule has 1 aromatic heterocycles. The van der Waals surface area contributed by atoms with E-state index in [9.17, 15) is 0 Å². The van der Waals surface area contributed by atoms with Crippen molar-refractivity contribution >= 4 is 5.82 Å². The molecule has 0 aliphatic carbocycles. The molecule has 0 amide bonds. The summed E-state index contributed by atoms with van der Waals surface area (Å²) in [6, 6.07) is 2.00. The predicted molar refractivity (Wildman–Crippen MR) is 62.7 cm³/mol. The third-order valence-electron chi connectivity index (χ3n) is 2.34. The van der Waals surface area contributed by atoms with Crippen molar-refractivity contribution in [2.45, 2.75) is 19.9 Å². The molecule has 1 unspecified atom stereocenters. The lowest BCUT2D eigenvalue weighted by Crippen LogP contribution is -2.30. The Balaban J connectivity index is 2.68. The average Bonchev–Trinajstić information content (AvgIpc) is 2.28. The van der Waals surface area contributed by atoms with E-state index in [1.165, 1.54) is 6.33 Å². The van der Waals surface area contributed by atoms with Crippen LogP contribution in [0.4, 0.5) is 5.82 Å². The van der Waals surface area contributed by atoms with E-state index in [0.29, 0.717) is 18.4 Å². The molecule has 0 aliphatic rings. The Morgan fingerprint density at radius 3 is 2.62 bits per heavy atom. The molecular formula is C11H19N3O2. The van der Waals surface area contributed by atoms with Crippen LogP contribution in [-0.4, -0.2) is 36.8 Å². The van der Waals surface area contributed by atoms with Gasteiger partial charge in [0.25, 0.3) is 0 Å². The molecule has 0 bridgehead atoms. The Morgan fingerprint density at radius 1 is 1.31 bits per heavy atom. The lowest BCUT2D eigenvalue weighted by atomic mass is 10.1. The molecular weight excluding hydrogens is 206 g/mol. The van der Waals surface area contributed by atoms with Gasteiger partial charge in [0.1, 0.15) is 12.1 Å². The number of hydrogen-bond acceptors (Lipinski definition) is 5. The smallest absolute Gasteiger partial charge is 0.218 e. The summed E-state index contributed by atoms with van der Waals surface area (Å²) in [5, 5.41) is 3.30. The molecule has 0 saturated carbocycles. The molecule has 1 aromatic rings. The van der Waals surface area contributed by atoms with Crippen LogP contribution in [-0.2, 0) is 4.74 Å². The van der Waals surface area contributed by atoms with Crippen molar-refractivity contribution in [3.8, 4) is 5.88 Å². The van der Waals surface area contributed by atoms with Gasteiger partial charge in [-0.3, -0.25) is 0 Å². The first-order valence-electron chi connectivity index (χ1n) is 5.29. The van der Waals surface area contributed by atoms with Crippen molar-refractivity contribution in [3.05, 3.63) is 12.4 Å². The number of ether oxygens (including phenoxy) is 2. The highest BCUT2D eigenvalue weighted by molar-refractivity contribution is 5.38. The van der Waals surface area contributed by atoms with Crippen molar-refractivity contribution in [1.82, 2.24) is 9.97 Å². The lowest BCUT2D eigenvalue weighted by Gasteiger charge is -2.21. The third-order valence-corrected chi connectivity index (χ3v) is 2.34. The number of hydrogen-bond donors (Lipinski definition) is 1. The number of rotatable bonds is 6. The summed E-state index contributed by atoms with van der Waals surface area (Å²) in [5.41, 5.74) is 0. The molecule has 0 aliphatic heterocycles. The van der Waals surface area contributed by atoms with Crippen LogP contribution in [0.3, 0.4) is 0 Å². The second-order valence-corrected chi connectivity index (χ2v) is 3.90. The van der Waals surface area contributed by atoms with Gasteiger partial charge in [-0.05, 0) is 5.92 Å². The van der Waals surface area contributed by atoms with Crippen molar-refractivity contribution in [2.24, 2.45) is 5.92 Å². The highest BCUT2D eigenvalue weighted by Gasteiger charge is 2.13. The van der Waals surface area contributed by atoms with Gasteiger partial charge in [0.2, 0.25) is 5.88 Å². The maximum atomic E-state index is 5.16. The van der Waals surface area contributed by atoms with Crippen molar-refractivity contribution in [3.63, 3.8) is 0 Å². The van der Waals surface area contributed by atoms with Gasteiger partial charge in [-0.1, -0.05) is 13.8 Å². The number of aromatic nitrogens is 2. The molecule has 0 radical (unpaired) electrons. The average molecular weight is 225 g/mol. The van der Waals surface area contributed by atoms with Crippen molar-refractivity contribution in [1.29, 1.82) is 0 Å². The molecule has 0 fully saturated rings. The topological polar surface area (TPSA) is 56.3 Å². The number of methoxy groups -OCH3 is 2. The molecule has 5 nitrogen and oxygen atoms in total. The Morgan fingerprint density at radius 2 is 2.06 bits per heavy atom. The molecule has 16 heavy (non-hydrogen) atoms. The van der Waals surface area contributed by atoms with Crippen LogP contribution in [0.5, 0.6) is 5.88 Å². The van der Waals surface area contributed by atoms with E-state index < -0.39 is 0 Å². The molecule has 1 rings (SSSR count). The summed E-state index contributed by atoms with van der Waals surface area (Å²) < 4.78 is 10.2. The van der Waals surface area contributed by atoms with Crippen LogP contribution in [0.15, 0.2) is 12.4 Å². The van der Waals surface area contributed by atoms with Gasteiger partial charge >= 0.3 is 0 Å².